The lowest BCUT2D eigenvalue weighted by Gasteiger charge is -2.25. The van der Waals surface area contributed by atoms with Crippen LogP contribution < -0.4 is 0 Å². The highest BCUT2D eigenvalue weighted by molar-refractivity contribution is 5.92. The molecule has 0 bridgehead atoms. The van der Waals surface area contributed by atoms with Gasteiger partial charge in [-0.15, -0.1) is 0 Å². The molecule has 1 atom stereocenters. The standard InChI is InChI=1S/C20H20N2O/c1-14(22-13-7-12-18(22)23)19-16-10-5-6-11-17(16)21-20(19)15-8-3-2-4-9-15/h2-6,8-11,14,21H,7,12-13H2,1H3. The van der Waals surface area contributed by atoms with Gasteiger partial charge in [-0.2, -0.15) is 0 Å². The second-order valence-corrected chi connectivity index (χ2v) is 6.19. The summed E-state index contributed by atoms with van der Waals surface area (Å²) < 4.78 is 0. The Hall–Kier alpha value is -2.55. The fraction of sp³-hybridized carbons (Fsp3) is 0.250. The molecule has 1 fully saturated rings. The summed E-state index contributed by atoms with van der Waals surface area (Å²) in [5, 5.41) is 1.21. The summed E-state index contributed by atoms with van der Waals surface area (Å²) in [4.78, 5) is 17.8. The van der Waals surface area contributed by atoms with Crippen LogP contribution in [0.25, 0.3) is 22.2 Å². The van der Waals surface area contributed by atoms with Crippen LogP contribution in [0.1, 0.15) is 31.4 Å². The van der Waals surface area contributed by atoms with Gasteiger partial charge in [0.1, 0.15) is 0 Å². The summed E-state index contributed by atoms with van der Waals surface area (Å²) >= 11 is 0. The molecule has 1 saturated heterocycles. The lowest BCUT2D eigenvalue weighted by molar-refractivity contribution is -0.129. The molecular formula is C20H20N2O. The van der Waals surface area contributed by atoms with Gasteiger partial charge in [0.15, 0.2) is 0 Å². The molecular weight excluding hydrogens is 284 g/mol. The van der Waals surface area contributed by atoms with E-state index in [0.29, 0.717) is 6.42 Å². The van der Waals surface area contributed by atoms with E-state index in [1.54, 1.807) is 0 Å². The lowest BCUT2D eigenvalue weighted by atomic mass is 9.99. The van der Waals surface area contributed by atoms with Gasteiger partial charge in [0.2, 0.25) is 5.91 Å². The van der Waals surface area contributed by atoms with Gasteiger partial charge in [-0.1, -0.05) is 48.5 Å². The molecule has 23 heavy (non-hydrogen) atoms. The third-order valence-electron chi connectivity index (χ3n) is 4.80. The van der Waals surface area contributed by atoms with E-state index in [2.05, 4.69) is 54.4 Å². The van der Waals surface area contributed by atoms with Gasteiger partial charge in [-0.3, -0.25) is 4.79 Å². The predicted molar refractivity (Wildman–Crippen MR) is 93.1 cm³/mol. The first-order valence-electron chi connectivity index (χ1n) is 8.21. The first-order valence-corrected chi connectivity index (χ1v) is 8.21. The summed E-state index contributed by atoms with van der Waals surface area (Å²) in [5.41, 5.74) is 4.64. The first-order chi connectivity index (χ1) is 11.3. The van der Waals surface area contributed by atoms with E-state index in [1.807, 2.05) is 17.0 Å². The Bertz CT molecular complexity index is 850. The number of carbonyl (C=O) groups excluding carboxylic acids is 1. The number of aromatic nitrogens is 1. The van der Waals surface area contributed by atoms with Crippen LogP contribution in [0.4, 0.5) is 0 Å². The highest BCUT2D eigenvalue weighted by atomic mass is 16.2. The van der Waals surface area contributed by atoms with E-state index in [1.165, 1.54) is 10.9 Å². The number of hydrogen-bond donors (Lipinski definition) is 1. The molecule has 116 valence electrons. The van der Waals surface area contributed by atoms with Crippen LogP contribution in [0.2, 0.25) is 0 Å². The number of amides is 1. The van der Waals surface area contributed by atoms with Crippen LogP contribution in [0.15, 0.2) is 54.6 Å². The van der Waals surface area contributed by atoms with Crippen molar-refractivity contribution >= 4 is 16.8 Å². The first kappa shape index (κ1) is 14.1. The molecule has 3 nitrogen and oxygen atoms in total. The molecule has 4 rings (SSSR count). The number of benzene rings is 2. The number of carbonyl (C=O) groups is 1. The molecule has 0 radical (unpaired) electrons. The minimum absolute atomic E-state index is 0.0800. The lowest BCUT2D eigenvalue weighted by Crippen LogP contribution is -2.28. The van der Waals surface area contributed by atoms with E-state index in [0.717, 1.165) is 29.7 Å². The van der Waals surface area contributed by atoms with Gasteiger partial charge >= 0.3 is 0 Å². The van der Waals surface area contributed by atoms with Crippen molar-refractivity contribution in [3.05, 3.63) is 60.2 Å². The molecule has 1 N–H and O–H groups in total. The van der Waals surface area contributed by atoms with Crippen LogP contribution in [-0.2, 0) is 4.79 Å². The minimum atomic E-state index is 0.0800. The number of hydrogen-bond acceptors (Lipinski definition) is 1. The number of nitrogens with zero attached hydrogens (tertiary/aromatic N) is 1. The van der Waals surface area contributed by atoms with Crippen LogP contribution in [-0.4, -0.2) is 22.3 Å². The zero-order valence-electron chi connectivity index (χ0n) is 13.3. The summed E-state index contributed by atoms with van der Waals surface area (Å²) in [6.07, 6.45) is 1.64. The number of H-pyrrole nitrogens is 1. The van der Waals surface area contributed by atoms with Crippen LogP contribution in [0, 0.1) is 0 Å². The third kappa shape index (κ3) is 2.33. The second-order valence-electron chi connectivity index (χ2n) is 6.19. The van der Waals surface area contributed by atoms with Crippen LogP contribution in [0.5, 0.6) is 0 Å². The van der Waals surface area contributed by atoms with Crippen molar-refractivity contribution in [2.45, 2.75) is 25.8 Å². The second kappa shape index (κ2) is 5.58. The molecule has 0 saturated carbocycles. The van der Waals surface area contributed by atoms with E-state index in [9.17, 15) is 4.79 Å². The van der Waals surface area contributed by atoms with E-state index >= 15 is 0 Å². The highest BCUT2D eigenvalue weighted by Gasteiger charge is 2.29. The molecule has 1 aliphatic rings. The summed E-state index contributed by atoms with van der Waals surface area (Å²) in [6, 6.07) is 18.8. The normalized spacial score (nSPS) is 16.2. The predicted octanol–water partition coefficient (Wildman–Crippen LogP) is 4.52. The Morgan fingerprint density at radius 2 is 1.78 bits per heavy atom. The van der Waals surface area contributed by atoms with Gasteiger partial charge in [0, 0.05) is 29.4 Å². The van der Waals surface area contributed by atoms with Crippen LogP contribution >= 0.6 is 0 Å². The van der Waals surface area contributed by atoms with Crippen LogP contribution in [0.3, 0.4) is 0 Å². The smallest absolute Gasteiger partial charge is 0.223 e. The van der Waals surface area contributed by atoms with Crippen molar-refractivity contribution in [3.8, 4) is 11.3 Å². The number of aromatic amines is 1. The molecule has 3 aromatic rings. The van der Waals surface area contributed by atoms with Crippen molar-refractivity contribution in [3.63, 3.8) is 0 Å². The Labute approximate surface area is 135 Å². The third-order valence-corrected chi connectivity index (χ3v) is 4.80. The SMILES string of the molecule is CC(c1c(-c2ccccc2)[nH]c2ccccc12)N1CCCC1=O. The zero-order chi connectivity index (χ0) is 15.8. The number of fused-ring (bicyclic) bond motifs is 1. The maximum Gasteiger partial charge on any atom is 0.223 e. The average molecular weight is 304 g/mol. The van der Waals surface area contributed by atoms with Gasteiger partial charge in [-0.05, 0) is 25.0 Å². The Morgan fingerprint density at radius 3 is 2.52 bits per heavy atom. The van der Waals surface area contributed by atoms with Gasteiger partial charge in [-0.25, -0.2) is 0 Å². The Morgan fingerprint density at radius 1 is 1.04 bits per heavy atom. The molecule has 3 heteroatoms. The van der Waals surface area contributed by atoms with Crippen molar-refractivity contribution in [1.29, 1.82) is 0 Å². The molecule has 2 aromatic carbocycles. The molecule has 1 unspecified atom stereocenters. The summed E-state index contributed by atoms with van der Waals surface area (Å²) in [6.45, 7) is 3.00. The maximum absolute atomic E-state index is 12.2. The van der Waals surface area contributed by atoms with Gasteiger partial charge < -0.3 is 9.88 Å². The van der Waals surface area contributed by atoms with E-state index < -0.39 is 0 Å². The number of likely N-dealkylation sites (tertiary alicyclic amines) is 1. The molecule has 0 spiro atoms. The summed E-state index contributed by atoms with van der Waals surface area (Å²) in [5.74, 6) is 0.266. The summed E-state index contributed by atoms with van der Waals surface area (Å²) in [7, 11) is 0. The fourth-order valence-electron chi connectivity index (χ4n) is 3.66. The van der Waals surface area contributed by atoms with Gasteiger partial charge in [0.25, 0.3) is 0 Å². The molecule has 1 aromatic heterocycles. The number of para-hydroxylation sites is 1. The Kier molecular flexibility index (Phi) is 3.41. The number of rotatable bonds is 3. The Balaban J connectivity index is 1.91. The van der Waals surface area contributed by atoms with Crippen molar-refractivity contribution in [1.82, 2.24) is 9.88 Å². The molecule has 1 aliphatic heterocycles. The van der Waals surface area contributed by atoms with E-state index in [-0.39, 0.29) is 11.9 Å². The molecule has 1 amide bonds. The van der Waals surface area contributed by atoms with Gasteiger partial charge in [0.05, 0.1) is 11.7 Å². The highest BCUT2D eigenvalue weighted by Crippen LogP contribution is 2.38. The van der Waals surface area contributed by atoms with E-state index in [4.69, 9.17) is 0 Å². The topological polar surface area (TPSA) is 36.1 Å². The fourth-order valence-corrected chi connectivity index (χ4v) is 3.66. The monoisotopic (exact) mass is 304 g/mol. The van der Waals surface area contributed by atoms with Crippen molar-refractivity contribution < 1.29 is 4.79 Å². The van der Waals surface area contributed by atoms with Crippen molar-refractivity contribution in [2.24, 2.45) is 0 Å². The molecule has 2 heterocycles. The molecule has 0 aliphatic carbocycles. The minimum Gasteiger partial charge on any atom is -0.354 e. The maximum atomic E-state index is 12.2. The quantitative estimate of drug-likeness (QED) is 0.759. The largest absolute Gasteiger partial charge is 0.354 e. The number of nitrogens with one attached hydrogen (secondary N) is 1. The average Bonchev–Trinajstić information content (AvgIpc) is 3.18. The van der Waals surface area contributed by atoms with Crippen molar-refractivity contribution in [2.75, 3.05) is 6.54 Å². The zero-order valence-corrected chi connectivity index (χ0v) is 13.3.